The van der Waals surface area contributed by atoms with E-state index in [1.54, 1.807) is 13.0 Å². The molecule has 0 fully saturated rings. The molecule has 4 nitrogen and oxygen atoms in total. The first kappa shape index (κ1) is 16.7. The molecule has 0 aromatic heterocycles. The molecule has 1 atom stereocenters. The van der Waals surface area contributed by atoms with Gasteiger partial charge in [0.1, 0.15) is 6.10 Å². The number of rotatable bonds is 5. The third-order valence-corrected chi connectivity index (χ3v) is 4.01. The van der Waals surface area contributed by atoms with Crippen LogP contribution in [0.3, 0.4) is 0 Å². The Bertz CT molecular complexity index is 523. The second-order valence-corrected chi connectivity index (χ2v) is 5.90. The molecule has 20 heavy (non-hydrogen) atoms. The van der Waals surface area contributed by atoms with Crippen molar-refractivity contribution in [2.45, 2.75) is 40.2 Å². The Labute approximate surface area is 127 Å². The first-order chi connectivity index (χ1) is 9.27. The van der Waals surface area contributed by atoms with Gasteiger partial charge >= 0.3 is 11.9 Å². The molecule has 1 unspecified atom stereocenters. The summed E-state index contributed by atoms with van der Waals surface area (Å²) in [6.07, 6.45) is 0.481. The third-order valence-electron chi connectivity index (χ3n) is 3.15. The average molecular weight is 343 g/mol. The van der Waals surface area contributed by atoms with E-state index in [2.05, 4.69) is 15.9 Å². The largest absolute Gasteiger partial charge is 0.478 e. The van der Waals surface area contributed by atoms with Crippen LogP contribution in [-0.4, -0.2) is 23.1 Å². The minimum absolute atomic E-state index is 0.0499. The maximum atomic E-state index is 12.2. The van der Waals surface area contributed by atoms with Crippen molar-refractivity contribution in [1.29, 1.82) is 0 Å². The minimum atomic E-state index is -1.14. The number of ether oxygens (including phenoxy) is 1. The number of hydrogen-bond donors (Lipinski definition) is 1. The second-order valence-electron chi connectivity index (χ2n) is 5.05. The summed E-state index contributed by atoms with van der Waals surface area (Å²) in [6, 6.07) is 2.98. The summed E-state index contributed by atoms with van der Waals surface area (Å²) in [5, 5.41) is 9.20. The Balaban J connectivity index is 3.15. The van der Waals surface area contributed by atoms with Gasteiger partial charge in [-0.1, -0.05) is 36.7 Å². The van der Waals surface area contributed by atoms with Crippen LogP contribution in [0.1, 0.15) is 53.5 Å². The molecule has 0 amide bonds. The molecule has 5 heteroatoms. The SMILES string of the molecule is CCC(OC(=O)c1cc(C)c(Br)cc1C(=O)O)C(C)C. The first-order valence-corrected chi connectivity index (χ1v) is 7.31. The van der Waals surface area contributed by atoms with Crippen molar-refractivity contribution in [3.63, 3.8) is 0 Å². The summed E-state index contributed by atoms with van der Waals surface area (Å²) in [5.74, 6) is -1.54. The lowest BCUT2D eigenvalue weighted by atomic mass is 10.0. The summed E-state index contributed by atoms with van der Waals surface area (Å²) >= 11 is 3.27. The quantitative estimate of drug-likeness (QED) is 0.820. The average Bonchev–Trinajstić information content (AvgIpc) is 2.37. The van der Waals surface area contributed by atoms with E-state index in [1.165, 1.54) is 6.07 Å². The van der Waals surface area contributed by atoms with Gasteiger partial charge in [-0.05, 0) is 37.0 Å². The number of carbonyl (C=O) groups is 2. The van der Waals surface area contributed by atoms with E-state index in [4.69, 9.17) is 4.74 Å². The van der Waals surface area contributed by atoms with Gasteiger partial charge < -0.3 is 9.84 Å². The standard InChI is InChI=1S/C15H19BrO4/c1-5-13(8(2)3)20-15(19)11-6-9(4)12(16)7-10(11)14(17)18/h6-8,13H,5H2,1-4H3,(H,17,18). The van der Waals surface area contributed by atoms with Gasteiger partial charge in [0.15, 0.2) is 0 Å². The Hall–Kier alpha value is -1.36. The first-order valence-electron chi connectivity index (χ1n) is 6.52. The smallest absolute Gasteiger partial charge is 0.339 e. The zero-order valence-electron chi connectivity index (χ0n) is 12.1. The van der Waals surface area contributed by atoms with Crippen LogP contribution in [0, 0.1) is 12.8 Å². The second kappa shape index (κ2) is 6.88. The van der Waals surface area contributed by atoms with E-state index < -0.39 is 11.9 Å². The normalized spacial score (nSPS) is 12.3. The Morgan fingerprint density at radius 1 is 1.30 bits per heavy atom. The number of esters is 1. The summed E-state index contributed by atoms with van der Waals surface area (Å²) in [4.78, 5) is 23.5. The monoisotopic (exact) mass is 342 g/mol. The van der Waals surface area contributed by atoms with Gasteiger partial charge in [-0.15, -0.1) is 0 Å². The third kappa shape index (κ3) is 3.82. The predicted molar refractivity (Wildman–Crippen MR) is 80.2 cm³/mol. The molecule has 0 aliphatic carbocycles. The number of carboxylic acids is 1. The molecule has 110 valence electrons. The highest BCUT2D eigenvalue weighted by atomic mass is 79.9. The molecule has 0 heterocycles. The van der Waals surface area contributed by atoms with Crippen molar-refractivity contribution in [3.05, 3.63) is 33.3 Å². The van der Waals surface area contributed by atoms with Crippen LogP contribution in [0.4, 0.5) is 0 Å². The van der Waals surface area contributed by atoms with Gasteiger partial charge in [-0.25, -0.2) is 9.59 Å². The Kier molecular flexibility index (Phi) is 5.74. The lowest BCUT2D eigenvalue weighted by Gasteiger charge is -2.20. The summed E-state index contributed by atoms with van der Waals surface area (Å²) < 4.78 is 6.07. The highest BCUT2D eigenvalue weighted by molar-refractivity contribution is 9.10. The van der Waals surface area contributed by atoms with E-state index in [1.807, 2.05) is 20.8 Å². The maximum Gasteiger partial charge on any atom is 0.339 e. The summed E-state index contributed by atoms with van der Waals surface area (Å²) in [6.45, 7) is 7.66. The molecule has 1 rings (SSSR count). The molecular formula is C15H19BrO4. The van der Waals surface area contributed by atoms with Crippen LogP contribution in [-0.2, 0) is 4.74 Å². The lowest BCUT2D eigenvalue weighted by molar-refractivity contribution is 0.0169. The molecule has 0 bridgehead atoms. The molecule has 1 N–H and O–H groups in total. The fourth-order valence-electron chi connectivity index (χ4n) is 1.92. The van der Waals surface area contributed by atoms with Crippen molar-refractivity contribution in [2.75, 3.05) is 0 Å². The summed E-state index contributed by atoms with van der Waals surface area (Å²) in [5.41, 5.74) is 0.836. The van der Waals surface area contributed by atoms with Crippen molar-refractivity contribution in [2.24, 2.45) is 5.92 Å². The van der Waals surface area contributed by atoms with Crippen LogP contribution < -0.4 is 0 Å². The van der Waals surface area contributed by atoms with Gasteiger partial charge in [0.05, 0.1) is 11.1 Å². The van der Waals surface area contributed by atoms with Gasteiger partial charge in [-0.3, -0.25) is 0 Å². The molecule has 1 aromatic carbocycles. The predicted octanol–water partition coefficient (Wildman–Crippen LogP) is 4.05. The number of carboxylic acid groups (broad SMARTS) is 1. The number of halogens is 1. The van der Waals surface area contributed by atoms with Crippen LogP contribution >= 0.6 is 15.9 Å². The van der Waals surface area contributed by atoms with Gasteiger partial charge in [0.2, 0.25) is 0 Å². The molecule has 0 aliphatic rings. The fraction of sp³-hybridized carbons (Fsp3) is 0.467. The number of carbonyl (C=O) groups excluding carboxylic acids is 1. The Morgan fingerprint density at radius 2 is 1.90 bits per heavy atom. The van der Waals surface area contributed by atoms with Gasteiger partial charge in [-0.2, -0.15) is 0 Å². The van der Waals surface area contributed by atoms with Gasteiger partial charge in [0.25, 0.3) is 0 Å². The minimum Gasteiger partial charge on any atom is -0.478 e. The van der Waals surface area contributed by atoms with Crippen LogP contribution in [0.2, 0.25) is 0 Å². The van der Waals surface area contributed by atoms with Crippen LogP contribution in [0.5, 0.6) is 0 Å². The van der Waals surface area contributed by atoms with E-state index in [9.17, 15) is 14.7 Å². The van der Waals surface area contributed by atoms with Crippen LogP contribution in [0.15, 0.2) is 16.6 Å². The van der Waals surface area contributed by atoms with E-state index >= 15 is 0 Å². The lowest BCUT2D eigenvalue weighted by Crippen LogP contribution is -2.24. The maximum absolute atomic E-state index is 12.2. The number of benzene rings is 1. The molecule has 0 radical (unpaired) electrons. The van der Waals surface area contributed by atoms with Gasteiger partial charge in [0, 0.05) is 4.47 Å². The zero-order chi connectivity index (χ0) is 15.4. The van der Waals surface area contributed by atoms with E-state index in [-0.39, 0.29) is 23.1 Å². The van der Waals surface area contributed by atoms with Crippen molar-refractivity contribution >= 4 is 27.9 Å². The molecule has 0 saturated heterocycles. The summed E-state index contributed by atoms with van der Waals surface area (Å²) in [7, 11) is 0. The highest BCUT2D eigenvalue weighted by Gasteiger charge is 2.23. The topological polar surface area (TPSA) is 63.6 Å². The molecular weight excluding hydrogens is 324 g/mol. The van der Waals surface area contributed by atoms with Crippen molar-refractivity contribution in [3.8, 4) is 0 Å². The zero-order valence-corrected chi connectivity index (χ0v) is 13.7. The molecule has 0 aliphatic heterocycles. The molecule has 0 spiro atoms. The molecule has 1 aromatic rings. The van der Waals surface area contributed by atoms with Crippen molar-refractivity contribution < 1.29 is 19.4 Å². The highest BCUT2D eigenvalue weighted by Crippen LogP contribution is 2.23. The number of aromatic carboxylic acids is 1. The van der Waals surface area contributed by atoms with Crippen molar-refractivity contribution in [1.82, 2.24) is 0 Å². The fourth-order valence-corrected chi connectivity index (χ4v) is 2.26. The van der Waals surface area contributed by atoms with E-state index in [0.29, 0.717) is 10.9 Å². The number of aryl methyl sites for hydroxylation is 1. The van der Waals surface area contributed by atoms with E-state index in [0.717, 1.165) is 5.56 Å². The Morgan fingerprint density at radius 3 is 2.35 bits per heavy atom. The molecule has 0 saturated carbocycles. The van der Waals surface area contributed by atoms with Crippen LogP contribution in [0.25, 0.3) is 0 Å². The number of hydrogen-bond acceptors (Lipinski definition) is 3.